The second-order valence-electron chi connectivity index (χ2n) is 8.85. The quantitative estimate of drug-likeness (QED) is 0.390. The maximum atomic E-state index is 13.8. The van der Waals surface area contributed by atoms with Gasteiger partial charge in [-0.25, -0.2) is 0 Å². The Morgan fingerprint density at radius 2 is 1.78 bits per heavy atom. The van der Waals surface area contributed by atoms with E-state index in [1.807, 2.05) is 54.6 Å². The number of aromatic nitrogens is 1. The molecule has 1 amide bonds. The van der Waals surface area contributed by atoms with Gasteiger partial charge in [-0.05, 0) is 68.1 Å². The van der Waals surface area contributed by atoms with E-state index in [2.05, 4.69) is 34.6 Å². The molecule has 1 atom stereocenters. The van der Waals surface area contributed by atoms with Crippen molar-refractivity contribution in [2.45, 2.75) is 38.8 Å². The van der Waals surface area contributed by atoms with Gasteiger partial charge in [0, 0.05) is 29.7 Å². The van der Waals surface area contributed by atoms with E-state index >= 15 is 0 Å². The molecular formula is C28H26N2O2. The summed E-state index contributed by atoms with van der Waals surface area (Å²) in [6.45, 7) is 3.70. The van der Waals surface area contributed by atoms with Crippen LogP contribution in [-0.2, 0) is 13.0 Å². The summed E-state index contributed by atoms with van der Waals surface area (Å²) in [5, 5.41) is 1.37. The Kier molecular flexibility index (Phi) is 4.53. The smallest absolute Gasteiger partial charge is 0.258 e. The predicted molar refractivity (Wildman–Crippen MR) is 126 cm³/mol. The van der Waals surface area contributed by atoms with Crippen molar-refractivity contribution in [3.05, 3.63) is 95.2 Å². The van der Waals surface area contributed by atoms with Crippen molar-refractivity contribution in [3.8, 4) is 11.5 Å². The predicted octanol–water partition coefficient (Wildman–Crippen LogP) is 6.28. The van der Waals surface area contributed by atoms with E-state index in [1.54, 1.807) is 0 Å². The largest absolute Gasteiger partial charge is 0.457 e. The lowest BCUT2D eigenvalue weighted by Crippen LogP contribution is -2.43. The summed E-state index contributed by atoms with van der Waals surface area (Å²) in [5.41, 5.74) is 6.01. The SMILES string of the molecule is Cc1ccc2c(c1)c1c3n2CCN(C(=O)c2ccccc2Oc2ccccc2)[C@@H]3CCC1. The average Bonchev–Trinajstić information content (AvgIpc) is 3.14. The van der Waals surface area contributed by atoms with Gasteiger partial charge in [0.25, 0.3) is 5.91 Å². The van der Waals surface area contributed by atoms with E-state index in [-0.39, 0.29) is 11.9 Å². The monoisotopic (exact) mass is 422 g/mol. The van der Waals surface area contributed by atoms with Crippen molar-refractivity contribution in [2.24, 2.45) is 0 Å². The van der Waals surface area contributed by atoms with Gasteiger partial charge in [0.15, 0.2) is 0 Å². The topological polar surface area (TPSA) is 34.5 Å². The molecule has 0 unspecified atom stereocenters. The molecule has 1 aromatic heterocycles. The molecule has 0 saturated heterocycles. The lowest BCUT2D eigenvalue weighted by molar-refractivity contribution is 0.0598. The molecule has 0 radical (unpaired) electrons. The van der Waals surface area contributed by atoms with E-state index in [9.17, 15) is 4.79 Å². The minimum atomic E-state index is 0.0575. The van der Waals surface area contributed by atoms with Gasteiger partial charge < -0.3 is 14.2 Å². The van der Waals surface area contributed by atoms with E-state index in [0.717, 1.165) is 31.6 Å². The molecule has 1 aliphatic carbocycles. The van der Waals surface area contributed by atoms with Gasteiger partial charge in [-0.1, -0.05) is 42.0 Å². The first kappa shape index (κ1) is 19.2. The third kappa shape index (κ3) is 3.01. The molecule has 4 heteroatoms. The number of carbonyl (C=O) groups is 1. The number of benzene rings is 3. The minimum Gasteiger partial charge on any atom is -0.457 e. The van der Waals surface area contributed by atoms with Crippen molar-refractivity contribution >= 4 is 16.8 Å². The highest BCUT2D eigenvalue weighted by Crippen LogP contribution is 2.43. The number of carbonyl (C=O) groups excluding carboxylic acids is 1. The van der Waals surface area contributed by atoms with Gasteiger partial charge in [-0.15, -0.1) is 0 Å². The zero-order valence-corrected chi connectivity index (χ0v) is 18.3. The minimum absolute atomic E-state index is 0.0575. The van der Waals surface area contributed by atoms with Crippen LogP contribution in [0.1, 0.15) is 46.1 Å². The molecule has 0 N–H and O–H groups in total. The van der Waals surface area contributed by atoms with Gasteiger partial charge in [-0.3, -0.25) is 4.79 Å². The molecule has 0 bridgehead atoms. The Bertz CT molecular complexity index is 1320. The maximum Gasteiger partial charge on any atom is 0.258 e. The van der Waals surface area contributed by atoms with E-state index in [4.69, 9.17) is 4.74 Å². The van der Waals surface area contributed by atoms with Crippen molar-refractivity contribution in [3.63, 3.8) is 0 Å². The second kappa shape index (κ2) is 7.56. The molecule has 4 nitrogen and oxygen atoms in total. The number of hydrogen-bond acceptors (Lipinski definition) is 2. The van der Waals surface area contributed by atoms with Crippen LogP contribution < -0.4 is 4.74 Å². The number of rotatable bonds is 3. The van der Waals surface area contributed by atoms with Crippen molar-refractivity contribution in [1.82, 2.24) is 9.47 Å². The lowest BCUT2D eigenvalue weighted by Gasteiger charge is -2.40. The summed E-state index contributed by atoms with van der Waals surface area (Å²) in [7, 11) is 0. The molecule has 3 aromatic carbocycles. The van der Waals surface area contributed by atoms with E-state index in [0.29, 0.717) is 17.9 Å². The fourth-order valence-electron chi connectivity index (χ4n) is 5.46. The zero-order chi connectivity index (χ0) is 21.7. The molecule has 2 aliphatic rings. The molecule has 0 spiro atoms. The van der Waals surface area contributed by atoms with Gasteiger partial charge in [0.2, 0.25) is 0 Å². The molecule has 0 saturated carbocycles. The normalized spacial score (nSPS) is 17.3. The summed E-state index contributed by atoms with van der Waals surface area (Å²) in [6, 6.07) is 24.2. The van der Waals surface area contributed by atoms with Crippen LogP contribution in [0.3, 0.4) is 0 Å². The first-order valence-corrected chi connectivity index (χ1v) is 11.5. The standard InChI is InChI=1S/C28H26N2O2/c1-19-14-15-24-23(18-19)21-11-7-12-25-27(21)29(24)16-17-30(25)28(31)22-10-5-6-13-26(22)32-20-8-3-2-4-9-20/h2-6,8-10,13-15,18,25H,7,11-12,16-17H2,1H3/t25-/m1/s1. The number of aryl methyl sites for hydroxylation is 2. The molecule has 32 heavy (non-hydrogen) atoms. The first-order valence-electron chi connectivity index (χ1n) is 11.5. The van der Waals surface area contributed by atoms with Crippen LogP contribution >= 0.6 is 0 Å². The number of ether oxygens (including phenoxy) is 1. The Morgan fingerprint density at radius 1 is 0.969 bits per heavy atom. The Balaban J connectivity index is 1.39. The van der Waals surface area contributed by atoms with Gasteiger partial charge in [-0.2, -0.15) is 0 Å². The fraction of sp³-hybridized carbons (Fsp3) is 0.250. The van der Waals surface area contributed by atoms with Crippen LogP contribution in [0, 0.1) is 6.92 Å². The van der Waals surface area contributed by atoms with Gasteiger partial charge in [0.1, 0.15) is 11.5 Å². The van der Waals surface area contributed by atoms with Crippen LogP contribution in [0.4, 0.5) is 0 Å². The summed E-state index contributed by atoms with van der Waals surface area (Å²) in [6.07, 6.45) is 3.21. The maximum absolute atomic E-state index is 13.8. The first-order chi connectivity index (χ1) is 15.7. The van der Waals surface area contributed by atoms with Crippen LogP contribution in [-0.4, -0.2) is 21.9 Å². The number of nitrogens with zero attached hydrogens (tertiary/aromatic N) is 2. The Morgan fingerprint density at radius 3 is 2.66 bits per heavy atom. The summed E-state index contributed by atoms with van der Waals surface area (Å²) < 4.78 is 8.57. The molecular weight excluding hydrogens is 396 g/mol. The highest BCUT2D eigenvalue weighted by atomic mass is 16.5. The highest BCUT2D eigenvalue weighted by Gasteiger charge is 2.37. The fourth-order valence-corrected chi connectivity index (χ4v) is 5.46. The number of fused-ring (bicyclic) bond motifs is 3. The lowest BCUT2D eigenvalue weighted by atomic mass is 9.89. The molecule has 4 aromatic rings. The summed E-state index contributed by atoms with van der Waals surface area (Å²) in [5.74, 6) is 1.41. The van der Waals surface area contributed by atoms with Crippen LogP contribution in [0.2, 0.25) is 0 Å². The van der Waals surface area contributed by atoms with E-state index in [1.165, 1.54) is 27.7 Å². The summed E-state index contributed by atoms with van der Waals surface area (Å²) >= 11 is 0. The highest BCUT2D eigenvalue weighted by molar-refractivity contribution is 5.98. The van der Waals surface area contributed by atoms with Crippen LogP contribution in [0.25, 0.3) is 10.9 Å². The molecule has 0 fully saturated rings. The average molecular weight is 423 g/mol. The molecule has 160 valence electrons. The third-order valence-electron chi connectivity index (χ3n) is 6.88. The Labute approximate surface area is 188 Å². The third-order valence-corrected chi connectivity index (χ3v) is 6.88. The van der Waals surface area contributed by atoms with Crippen molar-refractivity contribution in [2.75, 3.05) is 6.54 Å². The molecule has 2 heterocycles. The van der Waals surface area contributed by atoms with Crippen molar-refractivity contribution < 1.29 is 9.53 Å². The zero-order valence-electron chi connectivity index (χ0n) is 18.3. The van der Waals surface area contributed by atoms with Gasteiger partial charge >= 0.3 is 0 Å². The van der Waals surface area contributed by atoms with Gasteiger partial charge in [0.05, 0.1) is 11.6 Å². The second-order valence-corrected chi connectivity index (χ2v) is 8.85. The van der Waals surface area contributed by atoms with E-state index < -0.39 is 0 Å². The molecule has 1 aliphatic heterocycles. The number of para-hydroxylation sites is 2. The molecule has 6 rings (SSSR count). The van der Waals surface area contributed by atoms with Crippen LogP contribution in [0.15, 0.2) is 72.8 Å². The Hall–Kier alpha value is -3.53. The van der Waals surface area contributed by atoms with Crippen LogP contribution in [0.5, 0.6) is 11.5 Å². The van der Waals surface area contributed by atoms with Crippen molar-refractivity contribution in [1.29, 1.82) is 0 Å². The number of amides is 1. The summed E-state index contributed by atoms with van der Waals surface area (Å²) in [4.78, 5) is 15.9. The number of hydrogen-bond donors (Lipinski definition) is 0.